The molecule has 0 bridgehead atoms. The molecule has 1 N–H and O–H groups in total. The fourth-order valence-electron chi connectivity index (χ4n) is 4.23. The van der Waals surface area contributed by atoms with Gasteiger partial charge >= 0.3 is 0 Å². The minimum absolute atomic E-state index is 0.0579. The van der Waals surface area contributed by atoms with Crippen molar-refractivity contribution in [2.45, 2.75) is 17.7 Å². The van der Waals surface area contributed by atoms with Crippen LogP contribution in [-0.2, 0) is 19.6 Å². The molecule has 2 saturated heterocycles. The van der Waals surface area contributed by atoms with Crippen LogP contribution in [0.5, 0.6) is 0 Å². The van der Waals surface area contributed by atoms with Crippen molar-refractivity contribution in [3.63, 3.8) is 0 Å². The Balaban J connectivity index is 1.38. The quantitative estimate of drug-likeness (QED) is 0.544. The number of amides is 2. The monoisotopic (exact) mass is 408 g/mol. The molecule has 3 aliphatic rings. The molecular weight excluding hydrogens is 385 g/mol. The van der Waals surface area contributed by atoms with Crippen molar-refractivity contribution < 1.29 is 27.3 Å². The summed E-state index contributed by atoms with van der Waals surface area (Å²) in [6.07, 6.45) is 5.14. The first-order valence-electron chi connectivity index (χ1n) is 9.47. The van der Waals surface area contributed by atoms with E-state index in [1.807, 2.05) is 12.2 Å². The van der Waals surface area contributed by atoms with Gasteiger partial charge < -0.3 is 4.90 Å². The average molecular weight is 408 g/mol. The summed E-state index contributed by atoms with van der Waals surface area (Å²) in [6, 6.07) is 4.99. The molecule has 28 heavy (non-hydrogen) atoms. The molecule has 150 valence electrons. The van der Waals surface area contributed by atoms with Crippen LogP contribution in [0.1, 0.15) is 12.8 Å². The number of hydrogen-bond acceptors (Lipinski definition) is 4. The molecule has 2 amide bonds. The number of carbonyl (C=O) groups is 2. The maximum atomic E-state index is 13.4. The zero-order valence-corrected chi connectivity index (χ0v) is 16.2. The predicted molar refractivity (Wildman–Crippen MR) is 97.9 cm³/mol. The normalized spacial score (nSPS) is 26.7. The number of imide groups is 1. The Kier molecular flexibility index (Phi) is 5.07. The molecule has 4 rings (SSSR count). The first-order chi connectivity index (χ1) is 13.4. The highest BCUT2D eigenvalue weighted by molar-refractivity contribution is 7.89. The van der Waals surface area contributed by atoms with E-state index >= 15 is 0 Å². The van der Waals surface area contributed by atoms with Crippen LogP contribution in [0.15, 0.2) is 41.3 Å². The zero-order chi connectivity index (χ0) is 19.9. The van der Waals surface area contributed by atoms with Crippen molar-refractivity contribution in [3.8, 4) is 0 Å². The Bertz CT molecular complexity index is 899. The first-order valence-corrected chi connectivity index (χ1v) is 10.9. The van der Waals surface area contributed by atoms with E-state index in [-0.39, 0.29) is 48.3 Å². The topological polar surface area (TPSA) is 79.2 Å². The van der Waals surface area contributed by atoms with Crippen molar-refractivity contribution in [1.82, 2.24) is 9.21 Å². The molecule has 9 heteroatoms. The van der Waals surface area contributed by atoms with Gasteiger partial charge in [-0.3, -0.25) is 9.59 Å². The largest absolute Gasteiger partial charge is 0.315 e. The second-order valence-electron chi connectivity index (χ2n) is 7.53. The van der Waals surface area contributed by atoms with Gasteiger partial charge in [-0.05, 0) is 31.0 Å². The molecule has 2 heterocycles. The standard InChI is InChI=1S/C19H22FN3O4S/c20-14-4-3-5-15(12-14)28(26,27)22-10-8-21(9-11-22)13-23-18(24)16-6-1-2-7-17(16)19(23)25/h1-5,12,16-17H,6-11,13H2/p+1/t16-,17-/m0/s1. The number of benzene rings is 1. The van der Waals surface area contributed by atoms with Crippen LogP contribution in [0.4, 0.5) is 4.39 Å². The van der Waals surface area contributed by atoms with Crippen molar-refractivity contribution in [2.24, 2.45) is 11.8 Å². The molecule has 2 atom stereocenters. The highest BCUT2D eigenvalue weighted by Crippen LogP contribution is 2.34. The summed E-state index contributed by atoms with van der Waals surface area (Å²) < 4.78 is 40.1. The molecule has 1 aromatic rings. The highest BCUT2D eigenvalue weighted by atomic mass is 32.2. The van der Waals surface area contributed by atoms with E-state index in [1.165, 1.54) is 27.4 Å². The third-order valence-electron chi connectivity index (χ3n) is 5.84. The molecule has 1 aromatic carbocycles. The Morgan fingerprint density at radius 2 is 1.64 bits per heavy atom. The Hall–Kier alpha value is -2.10. The number of quaternary nitrogens is 1. The van der Waals surface area contributed by atoms with Crippen molar-refractivity contribution >= 4 is 21.8 Å². The van der Waals surface area contributed by atoms with Crippen LogP contribution in [0.2, 0.25) is 0 Å². The van der Waals surface area contributed by atoms with Crippen molar-refractivity contribution in [1.29, 1.82) is 0 Å². The van der Waals surface area contributed by atoms with Gasteiger partial charge in [0.2, 0.25) is 21.8 Å². The molecular formula is C19H23FN3O4S+. The summed E-state index contributed by atoms with van der Waals surface area (Å²) in [5.74, 6) is -1.30. The van der Waals surface area contributed by atoms with Crippen LogP contribution in [0, 0.1) is 17.7 Å². The molecule has 0 unspecified atom stereocenters. The summed E-state index contributed by atoms with van der Waals surface area (Å²) in [6.45, 7) is 1.77. The number of allylic oxidation sites excluding steroid dienone is 2. The summed E-state index contributed by atoms with van der Waals surface area (Å²) in [5.41, 5.74) is 0. The van der Waals surface area contributed by atoms with Gasteiger partial charge in [0.15, 0.2) is 6.67 Å². The minimum atomic E-state index is -3.75. The number of hydrogen-bond donors (Lipinski definition) is 1. The predicted octanol–water partition coefficient (Wildman–Crippen LogP) is -0.376. The van der Waals surface area contributed by atoms with E-state index in [0.717, 1.165) is 11.0 Å². The molecule has 0 saturated carbocycles. The second kappa shape index (κ2) is 7.38. The van der Waals surface area contributed by atoms with E-state index in [9.17, 15) is 22.4 Å². The van der Waals surface area contributed by atoms with Gasteiger partial charge in [-0.25, -0.2) is 17.7 Å². The summed E-state index contributed by atoms with van der Waals surface area (Å²) in [7, 11) is -3.75. The van der Waals surface area contributed by atoms with Crippen molar-refractivity contribution in [3.05, 3.63) is 42.2 Å². The van der Waals surface area contributed by atoms with Crippen LogP contribution in [0.25, 0.3) is 0 Å². The molecule has 1 aliphatic carbocycles. The molecule has 7 nitrogen and oxygen atoms in total. The van der Waals surface area contributed by atoms with Gasteiger partial charge in [0.25, 0.3) is 0 Å². The number of carbonyl (C=O) groups excluding carboxylic acids is 2. The molecule has 2 fully saturated rings. The molecule has 2 aliphatic heterocycles. The highest BCUT2D eigenvalue weighted by Gasteiger charge is 2.48. The third kappa shape index (κ3) is 3.38. The third-order valence-corrected chi connectivity index (χ3v) is 7.74. The SMILES string of the molecule is O=C1[C@H]2CC=CC[C@@H]2C(=O)N1C[NH+]1CCN(S(=O)(=O)c2cccc(F)c2)CC1. The van der Waals surface area contributed by atoms with Gasteiger partial charge in [-0.1, -0.05) is 18.2 Å². The number of piperazine rings is 1. The molecule has 0 aromatic heterocycles. The van der Waals surface area contributed by atoms with E-state index in [4.69, 9.17) is 0 Å². The molecule has 0 spiro atoms. The lowest BCUT2D eigenvalue weighted by Crippen LogP contribution is -3.16. The summed E-state index contributed by atoms with van der Waals surface area (Å²) >= 11 is 0. The van der Waals surface area contributed by atoms with Gasteiger partial charge in [-0.15, -0.1) is 0 Å². The maximum absolute atomic E-state index is 13.4. The zero-order valence-electron chi connectivity index (χ0n) is 15.4. The number of nitrogens with zero attached hydrogens (tertiary/aromatic N) is 2. The Morgan fingerprint density at radius 3 is 2.21 bits per heavy atom. The second-order valence-corrected chi connectivity index (χ2v) is 9.47. The lowest BCUT2D eigenvalue weighted by molar-refractivity contribution is -0.910. The number of nitrogens with one attached hydrogen (secondary N) is 1. The lowest BCUT2D eigenvalue weighted by atomic mass is 9.85. The van der Waals surface area contributed by atoms with Crippen LogP contribution in [-0.4, -0.2) is 62.3 Å². The smallest absolute Gasteiger partial charge is 0.243 e. The minimum Gasteiger partial charge on any atom is -0.315 e. The van der Waals surface area contributed by atoms with Crippen LogP contribution in [0.3, 0.4) is 0 Å². The number of rotatable bonds is 4. The molecule has 0 radical (unpaired) electrons. The van der Waals surface area contributed by atoms with E-state index in [0.29, 0.717) is 25.9 Å². The number of fused-ring (bicyclic) bond motifs is 1. The fraction of sp³-hybridized carbons (Fsp3) is 0.474. The van der Waals surface area contributed by atoms with Gasteiger partial charge in [0, 0.05) is 0 Å². The lowest BCUT2D eigenvalue weighted by Gasteiger charge is -2.33. The van der Waals surface area contributed by atoms with Gasteiger partial charge in [-0.2, -0.15) is 4.31 Å². The average Bonchev–Trinajstić information content (AvgIpc) is 2.94. The van der Waals surface area contributed by atoms with Gasteiger partial charge in [0.05, 0.1) is 42.9 Å². The first kappa shape index (κ1) is 19.2. The summed E-state index contributed by atoms with van der Waals surface area (Å²) in [4.78, 5) is 27.5. The Morgan fingerprint density at radius 1 is 1.04 bits per heavy atom. The number of halogens is 1. The fourth-order valence-corrected chi connectivity index (χ4v) is 5.70. The number of likely N-dealkylation sites (tertiary alicyclic amines) is 1. The van der Waals surface area contributed by atoms with E-state index in [1.54, 1.807) is 0 Å². The van der Waals surface area contributed by atoms with Crippen molar-refractivity contribution in [2.75, 3.05) is 32.8 Å². The maximum Gasteiger partial charge on any atom is 0.243 e. The van der Waals surface area contributed by atoms with E-state index in [2.05, 4.69) is 0 Å². The summed E-state index contributed by atoms with van der Waals surface area (Å²) in [5, 5.41) is 0. The Labute approximate surface area is 163 Å². The van der Waals surface area contributed by atoms with Crippen LogP contribution < -0.4 is 4.90 Å². The van der Waals surface area contributed by atoms with E-state index < -0.39 is 15.8 Å². The van der Waals surface area contributed by atoms with Crippen LogP contribution >= 0.6 is 0 Å². The number of sulfonamides is 1. The van der Waals surface area contributed by atoms with Gasteiger partial charge in [0.1, 0.15) is 5.82 Å².